The van der Waals surface area contributed by atoms with Gasteiger partial charge in [0.1, 0.15) is 0 Å². The van der Waals surface area contributed by atoms with E-state index in [0.717, 1.165) is 49.7 Å². The van der Waals surface area contributed by atoms with Gasteiger partial charge < -0.3 is 15.4 Å². The van der Waals surface area contributed by atoms with Gasteiger partial charge in [0.2, 0.25) is 0 Å². The Balaban J connectivity index is 2.10. The molecule has 1 aliphatic rings. The number of hydrogen-bond donors (Lipinski definition) is 1. The SMILES string of the molecule is CN(CC1CCOCC1)c1c(Cl)cccc1CCN. The molecule has 3 nitrogen and oxygen atoms in total. The van der Waals surface area contributed by atoms with Gasteiger partial charge in [-0.3, -0.25) is 0 Å². The monoisotopic (exact) mass is 282 g/mol. The first-order valence-corrected chi connectivity index (χ1v) is 7.36. The van der Waals surface area contributed by atoms with Crippen molar-refractivity contribution in [2.75, 3.05) is 38.3 Å². The Morgan fingerprint density at radius 1 is 1.37 bits per heavy atom. The molecule has 106 valence electrons. The van der Waals surface area contributed by atoms with Gasteiger partial charge in [-0.1, -0.05) is 23.7 Å². The fourth-order valence-corrected chi connectivity index (χ4v) is 3.09. The highest BCUT2D eigenvalue weighted by atomic mass is 35.5. The summed E-state index contributed by atoms with van der Waals surface area (Å²) in [6.07, 6.45) is 3.15. The first-order valence-electron chi connectivity index (χ1n) is 6.98. The second kappa shape index (κ2) is 7.13. The highest BCUT2D eigenvalue weighted by Gasteiger charge is 2.18. The summed E-state index contributed by atoms with van der Waals surface area (Å²) in [5, 5.41) is 0.820. The maximum atomic E-state index is 6.37. The van der Waals surface area contributed by atoms with Crippen LogP contribution in [0.2, 0.25) is 5.02 Å². The van der Waals surface area contributed by atoms with E-state index in [2.05, 4.69) is 18.0 Å². The molecule has 0 bridgehead atoms. The van der Waals surface area contributed by atoms with Crippen LogP contribution in [0.25, 0.3) is 0 Å². The molecule has 0 unspecified atom stereocenters. The van der Waals surface area contributed by atoms with Crippen molar-refractivity contribution in [3.8, 4) is 0 Å². The first-order chi connectivity index (χ1) is 9.22. The second-order valence-corrected chi connectivity index (χ2v) is 5.63. The van der Waals surface area contributed by atoms with E-state index in [4.69, 9.17) is 22.1 Å². The molecule has 0 spiro atoms. The van der Waals surface area contributed by atoms with Gasteiger partial charge in [0.15, 0.2) is 0 Å². The van der Waals surface area contributed by atoms with E-state index in [1.807, 2.05) is 12.1 Å². The molecule has 0 aliphatic carbocycles. The van der Waals surface area contributed by atoms with Crippen molar-refractivity contribution in [1.82, 2.24) is 0 Å². The van der Waals surface area contributed by atoms with Gasteiger partial charge in [-0.2, -0.15) is 0 Å². The standard InChI is InChI=1S/C15H23ClN2O/c1-18(11-12-6-9-19-10-7-12)15-13(5-8-17)3-2-4-14(15)16/h2-4,12H,5-11,17H2,1H3. The van der Waals surface area contributed by atoms with Crippen LogP contribution in [0.3, 0.4) is 0 Å². The molecule has 0 aromatic heterocycles. The lowest BCUT2D eigenvalue weighted by molar-refractivity contribution is 0.0685. The van der Waals surface area contributed by atoms with Gasteiger partial charge in [-0.25, -0.2) is 0 Å². The van der Waals surface area contributed by atoms with Gasteiger partial charge in [-0.15, -0.1) is 0 Å². The fourth-order valence-electron chi connectivity index (χ4n) is 2.75. The van der Waals surface area contributed by atoms with Crippen molar-refractivity contribution in [2.24, 2.45) is 11.7 Å². The zero-order valence-electron chi connectivity index (χ0n) is 11.6. The summed E-state index contributed by atoms with van der Waals surface area (Å²) < 4.78 is 5.41. The van der Waals surface area contributed by atoms with Crippen molar-refractivity contribution in [3.05, 3.63) is 28.8 Å². The minimum Gasteiger partial charge on any atom is -0.381 e. The molecule has 0 saturated carbocycles. The smallest absolute Gasteiger partial charge is 0.0642 e. The van der Waals surface area contributed by atoms with Crippen LogP contribution in [0, 0.1) is 5.92 Å². The number of para-hydroxylation sites is 1. The lowest BCUT2D eigenvalue weighted by Crippen LogP contribution is -2.30. The summed E-state index contributed by atoms with van der Waals surface area (Å²) in [6, 6.07) is 6.07. The van der Waals surface area contributed by atoms with Crippen LogP contribution in [-0.2, 0) is 11.2 Å². The predicted octanol–water partition coefficient (Wildman–Crippen LogP) is 2.70. The molecular formula is C15H23ClN2O. The summed E-state index contributed by atoms with van der Waals surface area (Å²) >= 11 is 6.37. The molecule has 1 saturated heterocycles. The van der Waals surface area contributed by atoms with E-state index >= 15 is 0 Å². The maximum absolute atomic E-state index is 6.37. The molecule has 2 N–H and O–H groups in total. The quantitative estimate of drug-likeness (QED) is 0.902. The minimum absolute atomic E-state index is 0.651. The first kappa shape index (κ1) is 14.6. The highest BCUT2D eigenvalue weighted by molar-refractivity contribution is 6.33. The van der Waals surface area contributed by atoms with E-state index in [0.29, 0.717) is 12.5 Å². The Labute approximate surface area is 120 Å². The van der Waals surface area contributed by atoms with Crippen molar-refractivity contribution >= 4 is 17.3 Å². The number of ether oxygens (including phenoxy) is 1. The van der Waals surface area contributed by atoms with Crippen LogP contribution < -0.4 is 10.6 Å². The molecule has 1 fully saturated rings. The molecule has 1 aromatic rings. The molecule has 1 aromatic carbocycles. The summed E-state index contributed by atoms with van der Waals surface area (Å²) in [4.78, 5) is 2.28. The molecule has 4 heteroatoms. The maximum Gasteiger partial charge on any atom is 0.0642 e. The highest BCUT2D eigenvalue weighted by Crippen LogP contribution is 2.31. The Bertz CT molecular complexity index is 405. The van der Waals surface area contributed by atoms with E-state index in [1.54, 1.807) is 0 Å². The lowest BCUT2D eigenvalue weighted by Gasteiger charge is -2.30. The van der Waals surface area contributed by atoms with E-state index < -0.39 is 0 Å². The number of anilines is 1. The van der Waals surface area contributed by atoms with Crippen LogP contribution in [0.15, 0.2) is 18.2 Å². The fraction of sp³-hybridized carbons (Fsp3) is 0.600. The molecule has 2 rings (SSSR count). The Hall–Kier alpha value is -0.770. The second-order valence-electron chi connectivity index (χ2n) is 5.22. The average molecular weight is 283 g/mol. The molecule has 0 atom stereocenters. The Morgan fingerprint density at radius 2 is 2.11 bits per heavy atom. The van der Waals surface area contributed by atoms with Gasteiger partial charge in [0, 0.05) is 26.8 Å². The largest absolute Gasteiger partial charge is 0.381 e. The van der Waals surface area contributed by atoms with Crippen LogP contribution >= 0.6 is 11.6 Å². The summed E-state index contributed by atoms with van der Waals surface area (Å²) in [7, 11) is 2.12. The molecule has 1 heterocycles. The summed E-state index contributed by atoms with van der Waals surface area (Å²) in [5.74, 6) is 0.695. The van der Waals surface area contributed by atoms with Crippen LogP contribution in [0.5, 0.6) is 0 Å². The number of halogens is 1. The average Bonchev–Trinajstić information content (AvgIpc) is 2.40. The normalized spacial score (nSPS) is 16.6. The van der Waals surface area contributed by atoms with Crippen molar-refractivity contribution in [1.29, 1.82) is 0 Å². The van der Waals surface area contributed by atoms with E-state index in [-0.39, 0.29) is 0 Å². The van der Waals surface area contributed by atoms with E-state index in [1.165, 1.54) is 5.56 Å². The Morgan fingerprint density at radius 3 is 2.79 bits per heavy atom. The number of nitrogens with two attached hydrogens (primary N) is 1. The van der Waals surface area contributed by atoms with Crippen LogP contribution in [0.1, 0.15) is 18.4 Å². The van der Waals surface area contributed by atoms with Crippen molar-refractivity contribution in [3.63, 3.8) is 0 Å². The van der Waals surface area contributed by atoms with Crippen LogP contribution in [-0.4, -0.2) is 33.4 Å². The number of hydrogen-bond acceptors (Lipinski definition) is 3. The number of nitrogens with zero attached hydrogens (tertiary/aromatic N) is 1. The number of benzene rings is 1. The summed E-state index contributed by atoms with van der Waals surface area (Å²) in [6.45, 7) is 3.45. The topological polar surface area (TPSA) is 38.5 Å². The van der Waals surface area contributed by atoms with Gasteiger partial charge in [0.05, 0.1) is 10.7 Å². The van der Waals surface area contributed by atoms with Crippen molar-refractivity contribution < 1.29 is 4.74 Å². The van der Waals surface area contributed by atoms with Crippen LogP contribution in [0.4, 0.5) is 5.69 Å². The van der Waals surface area contributed by atoms with Crippen molar-refractivity contribution in [2.45, 2.75) is 19.3 Å². The molecular weight excluding hydrogens is 260 g/mol. The Kier molecular flexibility index (Phi) is 5.49. The lowest BCUT2D eigenvalue weighted by atomic mass is 9.99. The molecule has 0 amide bonds. The third-order valence-corrected chi connectivity index (χ3v) is 4.04. The third kappa shape index (κ3) is 3.85. The molecule has 1 aliphatic heterocycles. The number of rotatable bonds is 5. The van der Waals surface area contributed by atoms with Gasteiger partial charge >= 0.3 is 0 Å². The predicted molar refractivity (Wildman–Crippen MR) is 81.0 cm³/mol. The zero-order valence-corrected chi connectivity index (χ0v) is 12.3. The third-order valence-electron chi connectivity index (χ3n) is 3.74. The summed E-state index contributed by atoms with van der Waals surface area (Å²) in [5.41, 5.74) is 8.07. The van der Waals surface area contributed by atoms with E-state index in [9.17, 15) is 0 Å². The zero-order chi connectivity index (χ0) is 13.7. The van der Waals surface area contributed by atoms with Gasteiger partial charge in [-0.05, 0) is 43.4 Å². The molecule has 0 radical (unpaired) electrons. The minimum atomic E-state index is 0.651. The van der Waals surface area contributed by atoms with Gasteiger partial charge in [0.25, 0.3) is 0 Å². The molecule has 19 heavy (non-hydrogen) atoms.